The summed E-state index contributed by atoms with van der Waals surface area (Å²) in [6.07, 6.45) is 5.03. The predicted octanol–water partition coefficient (Wildman–Crippen LogP) is 4.09. The van der Waals surface area contributed by atoms with Gasteiger partial charge in [-0.05, 0) is 54.5 Å². The van der Waals surface area contributed by atoms with Gasteiger partial charge in [0.05, 0.1) is 24.4 Å². The molecule has 0 bridgehead atoms. The molecule has 8 heteroatoms. The number of benzene rings is 1. The fraction of sp³-hybridized carbons (Fsp3) is 0.346. The molecule has 1 aliphatic rings. The number of aromatic nitrogens is 2. The summed E-state index contributed by atoms with van der Waals surface area (Å²) in [6, 6.07) is 17.7. The Morgan fingerprint density at radius 2 is 1.97 bits per heavy atom. The molecule has 1 aliphatic heterocycles. The average molecular weight is 478 g/mol. The second-order valence-corrected chi connectivity index (χ2v) is 8.63. The summed E-state index contributed by atoms with van der Waals surface area (Å²) >= 11 is 5.74. The molecule has 7 nitrogen and oxygen atoms in total. The Morgan fingerprint density at radius 3 is 2.74 bits per heavy atom. The van der Waals surface area contributed by atoms with Crippen molar-refractivity contribution in [3.8, 4) is 0 Å². The molecule has 0 saturated carbocycles. The lowest BCUT2D eigenvalue weighted by atomic mass is 10.0. The third-order valence-corrected chi connectivity index (χ3v) is 6.51. The van der Waals surface area contributed by atoms with E-state index in [0.29, 0.717) is 24.7 Å². The number of carbonyl (C=O) groups excluding carboxylic acids is 1. The SMILES string of the molecule is CCc1ccccc1NC(=O)CCN1C(=S)N[C@H](c2ccccn2)[C@@H]1c1cccn1CCOC. The highest BCUT2D eigenvalue weighted by Gasteiger charge is 2.41. The van der Waals surface area contributed by atoms with Crippen LogP contribution >= 0.6 is 12.2 Å². The van der Waals surface area contributed by atoms with Gasteiger partial charge in [0.1, 0.15) is 0 Å². The van der Waals surface area contributed by atoms with E-state index in [1.165, 1.54) is 0 Å². The fourth-order valence-corrected chi connectivity index (χ4v) is 4.77. The molecule has 1 amide bonds. The van der Waals surface area contributed by atoms with Gasteiger partial charge in [-0.3, -0.25) is 9.78 Å². The molecule has 178 valence electrons. The van der Waals surface area contributed by atoms with Crippen molar-refractivity contribution in [3.63, 3.8) is 0 Å². The van der Waals surface area contributed by atoms with Crippen LogP contribution in [0.3, 0.4) is 0 Å². The number of ether oxygens (including phenoxy) is 1. The Bertz CT molecular complexity index is 1120. The predicted molar refractivity (Wildman–Crippen MR) is 138 cm³/mol. The van der Waals surface area contributed by atoms with E-state index in [0.717, 1.165) is 35.6 Å². The summed E-state index contributed by atoms with van der Waals surface area (Å²) in [5.74, 6) is -0.0292. The lowest BCUT2D eigenvalue weighted by Gasteiger charge is -2.28. The number of rotatable bonds is 10. The van der Waals surface area contributed by atoms with E-state index >= 15 is 0 Å². The second-order valence-electron chi connectivity index (χ2n) is 8.25. The molecule has 2 N–H and O–H groups in total. The zero-order valence-electron chi connectivity index (χ0n) is 19.6. The molecule has 0 spiro atoms. The Balaban J connectivity index is 1.55. The molecule has 34 heavy (non-hydrogen) atoms. The minimum atomic E-state index is -0.117. The maximum atomic E-state index is 12.9. The van der Waals surface area contributed by atoms with Gasteiger partial charge < -0.3 is 24.8 Å². The molecule has 2 aromatic heterocycles. The Morgan fingerprint density at radius 1 is 1.15 bits per heavy atom. The molecule has 1 fully saturated rings. The Labute approximate surface area is 206 Å². The summed E-state index contributed by atoms with van der Waals surface area (Å²) in [7, 11) is 1.70. The van der Waals surface area contributed by atoms with Crippen LogP contribution < -0.4 is 10.6 Å². The number of anilines is 1. The van der Waals surface area contributed by atoms with E-state index in [1.54, 1.807) is 13.3 Å². The van der Waals surface area contributed by atoms with Crippen LogP contribution in [0.25, 0.3) is 0 Å². The summed E-state index contributed by atoms with van der Waals surface area (Å²) < 4.78 is 7.49. The van der Waals surface area contributed by atoms with E-state index in [4.69, 9.17) is 17.0 Å². The average Bonchev–Trinajstić information content (AvgIpc) is 3.45. The van der Waals surface area contributed by atoms with Crippen molar-refractivity contribution in [2.24, 2.45) is 0 Å². The van der Waals surface area contributed by atoms with Gasteiger partial charge in [-0.25, -0.2) is 0 Å². The van der Waals surface area contributed by atoms with E-state index in [2.05, 4.69) is 44.3 Å². The molecule has 0 radical (unpaired) electrons. The third-order valence-electron chi connectivity index (χ3n) is 6.15. The Kier molecular flexibility index (Phi) is 7.92. The van der Waals surface area contributed by atoms with Gasteiger partial charge in [-0.1, -0.05) is 31.2 Å². The Hall–Kier alpha value is -3.23. The minimum absolute atomic E-state index is 0.0292. The fourth-order valence-electron chi connectivity index (χ4n) is 4.44. The number of aryl methyl sites for hydroxylation is 1. The molecule has 0 unspecified atom stereocenters. The zero-order chi connectivity index (χ0) is 23.9. The van der Waals surface area contributed by atoms with Crippen LogP contribution in [0.5, 0.6) is 0 Å². The van der Waals surface area contributed by atoms with E-state index < -0.39 is 0 Å². The number of para-hydroxylation sites is 1. The molecular weight excluding hydrogens is 446 g/mol. The lowest BCUT2D eigenvalue weighted by molar-refractivity contribution is -0.116. The van der Waals surface area contributed by atoms with E-state index in [1.807, 2.05) is 48.5 Å². The van der Waals surface area contributed by atoms with Crippen LogP contribution in [0.2, 0.25) is 0 Å². The summed E-state index contributed by atoms with van der Waals surface area (Å²) in [5.41, 5.74) is 4.02. The molecule has 1 saturated heterocycles. The van der Waals surface area contributed by atoms with Crippen molar-refractivity contribution < 1.29 is 9.53 Å². The van der Waals surface area contributed by atoms with Crippen molar-refractivity contribution >= 4 is 28.9 Å². The molecular formula is C26H31N5O2S. The lowest BCUT2D eigenvalue weighted by Crippen LogP contribution is -2.33. The molecule has 4 rings (SSSR count). The maximum Gasteiger partial charge on any atom is 0.226 e. The molecule has 1 aromatic carbocycles. The van der Waals surface area contributed by atoms with Gasteiger partial charge in [0, 0.05) is 50.4 Å². The monoisotopic (exact) mass is 477 g/mol. The molecule has 2 atom stereocenters. The number of pyridine rings is 1. The van der Waals surface area contributed by atoms with Crippen LogP contribution in [0.4, 0.5) is 5.69 Å². The summed E-state index contributed by atoms with van der Waals surface area (Å²) in [5, 5.41) is 7.15. The number of hydrogen-bond acceptors (Lipinski definition) is 4. The van der Waals surface area contributed by atoms with Crippen LogP contribution in [0.1, 0.15) is 42.4 Å². The van der Waals surface area contributed by atoms with Gasteiger partial charge in [0.15, 0.2) is 5.11 Å². The first-order chi connectivity index (χ1) is 16.6. The number of nitrogens with one attached hydrogen (secondary N) is 2. The maximum absolute atomic E-state index is 12.9. The van der Waals surface area contributed by atoms with Gasteiger partial charge >= 0.3 is 0 Å². The second kappa shape index (κ2) is 11.3. The van der Waals surface area contributed by atoms with Crippen LogP contribution in [-0.4, -0.2) is 45.7 Å². The van der Waals surface area contributed by atoms with Crippen molar-refractivity contribution in [3.05, 3.63) is 83.9 Å². The largest absolute Gasteiger partial charge is 0.383 e. The first-order valence-corrected chi connectivity index (χ1v) is 12.0. The topological polar surface area (TPSA) is 71.4 Å². The summed E-state index contributed by atoms with van der Waals surface area (Å²) in [4.78, 5) is 19.6. The van der Waals surface area contributed by atoms with Crippen molar-refractivity contribution in [2.45, 2.75) is 38.4 Å². The van der Waals surface area contributed by atoms with E-state index in [-0.39, 0.29) is 18.0 Å². The number of nitrogens with zero attached hydrogens (tertiary/aromatic N) is 3. The quantitative estimate of drug-likeness (QED) is 0.429. The molecule has 3 aromatic rings. The first kappa shape index (κ1) is 23.9. The van der Waals surface area contributed by atoms with Gasteiger partial charge in [0.25, 0.3) is 0 Å². The van der Waals surface area contributed by atoms with Crippen molar-refractivity contribution in [1.82, 2.24) is 19.8 Å². The van der Waals surface area contributed by atoms with Crippen molar-refractivity contribution in [1.29, 1.82) is 0 Å². The standard InChI is InChI=1S/C26H31N5O2S/c1-3-19-9-4-5-10-20(19)28-23(32)13-16-31-25(22-12-8-15-30(22)17-18-33-2)24(29-26(31)34)21-11-6-7-14-27-21/h4-12,14-15,24-25H,3,13,16-18H2,1-2H3,(H,28,32)(H,29,34)/t24-,25+/m1/s1. The number of methoxy groups -OCH3 is 1. The zero-order valence-corrected chi connectivity index (χ0v) is 20.4. The van der Waals surface area contributed by atoms with Gasteiger partial charge in [-0.2, -0.15) is 0 Å². The van der Waals surface area contributed by atoms with Gasteiger partial charge in [-0.15, -0.1) is 0 Å². The highest BCUT2D eigenvalue weighted by atomic mass is 32.1. The highest BCUT2D eigenvalue weighted by molar-refractivity contribution is 7.80. The normalized spacial score (nSPS) is 17.6. The number of hydrogen-bond donors (Lipinski definition) is 2. The minimum Gasteiger partial charge on any atom is -0.383 e. The highest BCUT2D eigenvalue weighted by Crippen LogP contribution is 2.38. The number of carbonyl (C=O) groups is 1. The third kappa shape index (κ3) is 5.29. The van der Waals surface area contributed by atoms with Crippen LogP contribution in [0.15, 0.2) is 67.0 Å². The van der Waals surface area contributed by atoms with Crippen LogP contribution in [-0.2, 0) is 22.5 Å². The smallest absolute Gasteiger partial charge is 0.226 e. The number of amides is 1. The summed E-state index contributed by atoms with van der Waals surface area (Å²) in [6.45, 7) is 3.93. The first-order valence-electron chi connectivity index (χ1n) is 11.6. The number of thiocarbonyl (C=S) groups is 1. The molecule has 0 aliphatic carbocycles. The van der Waals surface area contributed by atoms with Gasteiger partial charge in [0.2, 0.25) is 5.91 Å². The van der Waals surface area contributed by atoms with Crippen molar-refractivity contribution in [2.75, 3.05) is 25.6 Å². The van der Waals surface area contributed by atoms with E-state index in [9.17, 15) is 4.79 Å². The molecule has 3 heterocycles. The van der Waals surface area contributed by atoms with Crippen LogP contribution in [0, 0.1) is 0 Å².